The van der Waals surface area contributed by atoms with Gasteiger partial charge in [0.2, 0.25) is 0 Å². The highest BCUT2D eigenvalue weighted by Gasteiger charge is 2.19. The van der Waals surface area contributed by atoms with Crippen LogP contribution < -0.4 is 22.2 Å². The summed E-state index contributed by atoms with van der Waals surface area (Å²) in [5, 5.41) is 0.714. The molecule has 0 aliphatic carbocycles. The molecule has 1 aromatic carbocycles. The van der Waals surface area contributed by atoms with Gasteiger partial charge in [-0.1, -0.05) is 0 Å². The highest BCUT2D eigenvalue weighted by molar-refractivity contribution is 5.97. The Morgan fingerprint density at radius 1 is 0.562 bits per heavy atom. The summed E-state index contributed by atoms with van der Waals surface area (Å²) < 4.78 is 6.08. The summed E-state index contributed by atoms with van der Waals surface area (Å²) in [5.41, 5.74) is -1.73. The molecular weight excluding hydrogens is 412 g/mol. The molecule has 5 rings (SSSR count). The van der Waals surface area contributed by atoms with Gasteiger partial charge in [0.15, 0.2) is 0 Å². The zero-order valence-electron chi connectivity index (χ0n) is 17.2. The number of aryl methyl sites for hydroxylation is 2. The van der Waals surface area contributed by atoms with Crippen LogP contribution in [0.5, 0.6) is 0 Å². The van der Waals surface area contributed by atoms with Crippen LogP contribution in [0.25, 0.3) is 21.5 Å². The normalized spacial score (nSPS) is 11.8. The SMILES string of the molecule is O=c1c2cc3c(=O)n(CCCn4ccnc4)c(=O)c3cc2c(=O)n1CCCn1ccnc1. The molecule has 0 N–H and O–H groups in total. The van der Waals surface area contributed by atoms with E-state index in [2.05, 4.69) is 9.97 Å². The molecule has 0 unspecified atom stereocenters. The van der Waals surface area contributed by atoms with E-state index >= 15 is 0 Å². The molecule has 0 fully saturated rings. The van der Waals surface area contributed by atoms with Crippen LogP contribution in [0, 0.1) is 0 Å². The second-order valence-electron chi connectivity index (χ2n) is 7.78. The number of hydrogen-bond donors (Lipinski definition) is 0. The van der Waals surface area contributed by atoms with E-state index in [4.69, 9.17) is 0 Å². The number of fused-ring (bicyclic) bond motifs is 2. The third kappa shape index (κ3) is 3.29. The Kier molecular flexibility index (Phi) is 4.89. The monoisotopic (exact) mass is 432 g/mol. The number of hydrogen-bond acceptors (Lipinski definition) is 6. The van der Waals surface area contributed by atoms with Gasteiger partial charge < -0.3 is 9.13 Å². The molecule has 4 aromatic heterocycles. The summed E-state index contributed by atoms with van der Waals surface area (Å²) in [5.74, 6) is 0. The molecule has 0 aliphatic heterocycles. The predicted octanol–water partition coefficient (Wildman–Crippen LogP) is 0.486. The van der Waals surface area contributed by atoms with Crippen molar-refractivity contribution < 1.29 is 0 Å². The summed E-state index contributed by atoms with van der Waals surface area (Å²) in [6, 6.07) is 2.80. The van der Waals surface area contributed by atoms with Gasteiger partial charge in [-0.3, -0.25) is 28.3 Å². The first-order valence-corrected chi connectivity index (χ1v) is 10.4. The van der Waals surface area contributed by atoms with E-state index in [9.17, 15) is 19.2 Å². The van der Waals surface area contributed by atoms with Crippen LogP contribution in [0.2, 0.25) is 0 Å². The van der Waals surface area contributed by atoms with Gasteiger partial charge in [0, 0.05) is 51.0 Å². The lowest BCUT2D eigenvalue weighted by Gasteiger charge is -2.02. The third-order valence-electron chi connectivity index (χ3n) is 5.77. The van der Waals surface area contributed by atoms with Gasteiger partial charge >= 0.3 is 0 Å². The fraction of sp³-hybridized carbons (Fsp3) is 0.273. The minimum Gasteiger partial charge on any atom is -0.337 e. The lowest BCUT2D eigenvalue weighted by atomic mass is 10.1. The Hall–Kier alpha value is -4.08. The standard InChI is InChI=1S/C22H20N6O4/c29-19-15-11-17-18(22(32)28(21(17)31)8-2-6-26-10-4-24-14-26)12-16(15)20(30)27(19)7-1-5-25-9-3-23-13-25/h3-4,9-14H,1-2,5-8H2. The zero-order valence-corrected chi connectivity index (χ0v) is 17.2. The van der Waals surface area contributed by atoms with Crippen LogP contribution in [-0.4, -0.2) is 28.2 Å². The van der Waals surface area contributed by atoms with Crippen LogP contribution >= 0.6 is 0 Å². The molecule has 0 atom stereocenters. The van der Waals surface area contributed by atoms with Crippen molar-refractivity contribution in [3.63, 3.8) is 0 Å². The second-order valence-corrected chi connectivity index (χ2v) is 7.78. The van der Waals surface area contributed by atoms with Gasteiger partial charge in [0.1, 0.15) is 0 Å². The minimum atomic E-state index is -0.433. The molecule has 0 radical (unpaired) electrons. The molecule has 10 heteroatoms. The fourth-order valence-electron chi connectivity index (χ4n) is 4.14. The number of rotatable bonds is 8. The van der Waals surface area contributed by atoms with Crippen LogP contribution in [0.3, 0.4) is 0 Å². The zero-order chi connectivity index (χ0) is 22.2. The molecule has 5 aromatic rings. The van der Waals surface area contributed by atoms with Crippen molar-refractivity contribution in [3.05, 3.63) is 91.0 Å². The van der Waals surface area contributed by atoms with Crippen LogP contribution in [0.15, 0.2) is 68.8 Å². The van der Waals surface area contributed by atoms with Gasteiger partial charge in [-0.25, -0.2) is 9.97 Å². The number of imidazole rings is 2. The first-order chi connectivity index (χ1) is 15.5. The molecule has 10 nitrogen and oxygen atoms in total. The van der Waals surface area contributed by atoms with E-state index in [0.29, 0.717) is 25.9 Å². The first-order valence-electron chi connectivity index (χ1n) is 10.4. The van der Waals surface area contributed by atoms with Crippen molar-refractivity contribution in [1.82, 2.24) is 28.2 Å². The van der Waals surface area contributed by atoms with Gasteiger partial charge in [-0.15, -0.1) is 0 Å². The average molecular weight is 432 g/mol. The molecule has 32 heavy (non-hydrogen) atoms. The Labute approximate surface area is 180 Å². The highest BCUT2D eigenvalue weighted by Crippen LogP contribution is 2.15. The Morgan fingerprint density at radius 3 is 1.25 bits per heavy atom. The number of nitrogens with zero attached hydrogens (tertiary/aromatic N) is 6. The summed E-state index contributed by atoms with van der Waals surface area (Å²) in [6.07, 6.45) is 11.4. The van der Waals surface area contributed by atoms with E-state index in [0.717, 1.165) is 0 Å². The van der Waals surface area contributed by atoms with Gasteiger partial charge in [-0.2, -0.15) is 0 Å². The maximum atomic E-state index is 12.8. The van der Waals surface area contributed by atoms with Crippen molar-refractivity contribution in [1.29, 1.82) is 0 Å². The number of aromatic nitrogens is 6. The molecular formula is C22H20N6O4. The van der Waals surface area contributed by atoms with Crippen molar-refractivity contribution >= 4 is 21.5 Å². The molecule has 0 saturated carbocycles. The maximum absolute atomic E-state index is 12.8. The summed E-state index contributed by atoms with van der Waals surface area (Å²) in [7, 11) is 0. The van der Waals surface area contributed by atoms with Gasteiger partial charge in [0.05, 0.1) is 34.2 Å². The lowest BCUT2D eigenvalue weighted by Crippen LogP contribution is -2.26. The molecule has 0 amide bonds. The Balaban J connectivity index is 1.46. The van der Waals surface area contributed by atoms with Crippen LogP contribution in [-0.2, 0) is 26.2 Å². The fourth-order valence-corrected chi connectivity index (χ4v) is 4.14. The van der Waals surface area contributed by atoms with E-state index in [-0.39, 0.29) is 34.6 Å². The molecule has 0 saturated heterocycles. The smallest absolute Gasteiger partial charge is 0.261 e. The van der Waals surface area contributed by atoms with E-state index in [1.165, 1.54) is 21.3 Å². The van der Waals surface area contributed by atoms with Crippen LogP contribution in [0.4, 0.5) is 0 Å². The van der Waals surface area contributed by atoms with Crippen molar-refractivity contribution in [2.75, 3.05) is 0 Å². The predicted molar refractivity (Wildman–Crippen MR) is 119 cm³/mol. The molecule has 0 bridgehead atoms. The molecule has 0 spiro atoms. The van der Waals surface area contributed by atoms with Crippen LogP contribution in [0.1, 0.15) is 12.8 Å². The van der Waals surface area contributed by atoms with Gasteiger partial charge in [0.25, 0.3) is 22.2 Å². The Bertz CT molecular complexity index is 1400. The topological polar surface area (TPSA) is 114 Å². The average Bonchev–Trinajstić information content (AvgIpc) is 3.57. The first kappa shape index (κ1) is 19.9. The summed E-state index contributed by atoms with van der Waals surface area (Å²) in [4.78, 5) is 59.3. The van der Waals surface area contributed by atoms with Crippen molar-refractivity contribution in [3.8, 4) is 0 Å². The molecule has 162 valence electrons. The molecule has 0 aliphatic rings. The number of benzene rings is 1. The minimum absolute atomic E-state index is 0.179. The van der Waals surface area contributed by atoms with E-state index in [1.807, 2.05) is 21.5 Å². The maximum Gasteiger partial charge on any atom is 0.261 e. The summed E-state index contributed by atoms with van der Waals surface area (Å²) in [6.45, 7) is 1.73. The third-order valence-corrected chi connectivity index (χ3v) is 5.77. The lowest BCUT2D eigenvalue weighted by molar-refractivity contribution is 0.550. The van der Waals surface area contributed by atoms with Crippen molar-refractivity contribution in [2.45, 2.75) is 39.0 Å². The van der Waals surface area contributed by atoms with Crippen molar-refractivity contribution in [2.24, 2.45) is 0 Å². The second kappa shape index (κ2) is 7.88. The van der Waals surface area contributed by atoms with E-state index < -0.39 is 22.2 Å². The Morgan fingerprint density at radius 2 is 0.938 bits per heavy atom. The molecule has 4 heterocycles. The van der Waals surface area contributed by atoms with E-state index in [1.54, 1.807) is 25.0 Å². The largest absolute Gasteiger partial charge is 0.337 e. The summed E-state index contributed by atoms with van der Waals surface area (Å²) >= 11 is 0. The van der Waals surface area contributed by atoms with Gasteiger partial charge in [-0.05, 0) is 25.0 Å². The highest BCUT2D eigenvalue weighted by atomic mass is 16.2. The quantitative estimate of drug-likeness (QED) is 0.353.